The summed E-state index contributed by atoms with van der Waals surface area (Å²) in [5.41, 5.74) is 1.49. The molecule has 0 saturated heterocycles. The summed E-state index contributed by atoms with van der Waals surface area (Å²) < 4.78 is 0. The Balaban J connectivity index is 2.24. The minimum Gasteiger partial charge on any atom is -0.311 e. The third-order valence-corrected chi connectivity index (χ3v) is 2.50. The zero-order chi connectivity index (χ0) is 12.4. The largest absolute Gasteiger partial charge is 0.387 e. The molecule has 0 spiro atoms. The number of hydrogen-bond donors (Lipinski definition) is 0. The molecule has 0 atom stereocenters. The molecule has 1 aliphatic rings. The summed E-state index contributed by atoms with van der Waals surface area (Å²) in [7, 11) is 1.73. The molecule has 17 heavy (non-hydrogen) atoms. The quantitative estimate of drug-likeness (QED) is 0.597. The molecule has 0 radical (unpaired) electrons. The molecule has 5 nitrogen and oxygen atoms in total. The van der Waals surface area contributed by atoms with E-state index in [-0.39, 0.29) is 5.71 Å². The SMILES string of the molecule is CC1=NOC(=O)/C1=N/N(C)c1ccc(Cl)cc1. The molecule has 0 aliphatic carbocycles. The number of rotatable bonds is 2. The van der Waals surface area contributed by atoms with Crippen LogP contribution < -0.4 is 5.01 Å². The van der Waals surface area contributed by atoms with Crippen molar-refractivity contribution in [1.29, 1.82) is 0 Å². The number of hydrogen-bond acceptors (Lipinski definition) is 5. The number of hydrazone groups is 1. The summed E-state index contributed by atoms with van der Waals surface area (Å²) in [6, 6.07) is 7.11. The normalized spacial score (nSPS) is 17.0. The topological polar surface area (TPSA) is 54.3 Å². The van der Waals surface area contributed by atoms with Gasteiger partial charge in [0.25, 0.3) is 0 Å². The van der Waals surface area contributed by atoms with Crippen molar-refractivity contribution < 1.29 is 9.63 Å². The van der Waals surface area contributed by atoms with Gasteiger partial charge in [-0.05, 0) is 31.2 Å². The maximum atomic E-state index is 11.3. The van der Waals surface area contributed by atoms with E-state index in [0.717, 1.165) is 5.69 Å². The lowest BCUT2D eigenvalue weighted by atomic mass is 10.3. The average molecular weight is 252 g/mol. The Morgan fingerprint density at radius 1 is 1.35 bits per heavy atom. The molecule has 88 valence electrons. The molecule has 1 aromatic rings. The van der Waals surface area contributed by atoms with Crippen molar-refractivity contribution in [2.24, 2.45) is 10.3 Å². The van der Waals surface area contributed by atoms with Crippen LogP contribution in [-0.4, -0.2) is 24.4 Å². The highest BCUT2D eigenvalue weighted by Gasteiger charge is 2.25. The third kappa shape index (κ3) is 2.45. The van der Waals surface area contributed by atoms with Crippen molar-refractivity contribution in [1.82, 2.24) is 0 Å². The van der Waals surface area contributed by atoms with Crippen LogP contribution in [0.25, 0.3) is 0 Å². The number of carbonyl (C=O) groups excluding carboxylic acids is 1. The molecule has 0 N–H and O–H groups in total. The van der Waals surface area contributed by atoms with E-state index in [1.807, 2.05) is 0 Å². The van der Waals surface area contributed by atoms with E-state index in [0.29, 0.717) is 10.7 Å². The number of anilines is 1. The van der Waals surface area contributed by atoms with Gasteiger partial charge >= 0.3 is 5.97 Å². The summed E-state index contributed by atoms with van der Waals surface area (Å²) in [5.74, 6) is -0.539. The van der Waals surface area contributed by atoms with Gasteiger partial charge in [0.05, 0.1) is 5.69 Å². The highest BCUT2D eigenvalue weighted by atomic mass is 35.5. The monoisotopic (exact) mass is 251 g/mol. The zero-order valence-electron chi connectivity index (χ0n) is 9.35. The van der Waals surface area contributed by atoms with Crippen LogP contribution in [-0.2, 0) is 9.63 Å². The van der Waals surface area contributed by atoms with Crippen molar-refractivity contribution in [3.05, 3.63) is 29.3 Å². The van der Waals surface area contributed by atoms with Gasteiger partial charge in [0, 0.05) is 12.1 Å². The zero-order valence-corrected chi connectivity index (χ0v) is 10.1. The molecule has 0 saturated carbocycles. The van der Waals surface area contributed by atoms with Crippen molar-refractivity contribution in [2.75, 3.05) is 12.1 Å². The van der Waals surface area contributed by atoms with E-state index >= 15 is 0 Å². The number of nitrogens with zero attached hydrogens (tertiary/aromatic N) is 3. The standard InChI is InChI=1S/C11H10ClN3O2/c1-7-10(11(16)17-14-7)13-15(2)9-5-3-8(12)4-6-9/h3-6H,1-2H3/b13-10+. The van der Waals surface area contributed by atoms with Gasteiger partial charge in [-0.15, -0.1) is 0 Å². The van der Waals surface area contributed by atoms with Crippen LogP contribution in [0.1, 0.15) is 6.92 Å². The predicted molar refractivity (Wildman–Crippen MR) is 66.5 cm³/mol. The molecular formula is C11H10ClN3O2. The van der Waals surface area contributed by atoms with Crippen LogP contribution in [0.2, 0.25) is 5.02 Å². The van der Waals surface area contributed by atoms with Gasteiger partial charge in [-0.3, -0.25) is 5.01 Å². The van der Waals surface area contributed by atoms with Gasteiger partial charge in [-0.1, -0.05) is 16.8 Å². The van der Waals surface area contributed by atoms with E-state index in [2.05, 4.69) is 15.1 Å². The van der Waals surface area contributed by atoms with Crippen LogP contribution in [0, 0.1) is 0 Å². The minimum absolute atomic E-state index is 0.211. The van der Waals surface area contributed by atoms with Crippen LogP contribution in [0.4, 0.5) is 5.69 Å². The molecule has 2 rings (SSSR count). The van der Waals surface area contributed by atoms with E-state index in [9.17, 15) is 4.79 Å². The second-order valence-electron chi connectivity index (χ2n) is 3.50. The summed E-state index contributed by atoms with van der Waals surface area (Å²) in [6.07, 6.45) is 0. The first-order chi connectivity index (χ1) is 8.08. The van der Waals surface area contributed by atoms with E-state index < -0.39 is 5.97 Å². The van der Waals surface area contributed by atoms with Gasteiger partial charge in [0.1, 0.15) is 5.71 Å². The Bertz CT molecular complexity index is 508. The number of benzene rings is 1. The lowest BCUT2D eigenvalue weighted by Gasteiger charge is -2.13. The molecule has 1 aliphatic heterocycles. The molecule has 1 heterocycles. The van der Waals surface area contributed by atoms with E-state index in [4.69, 9.17) is 11.6 Å². The first-order valence-corrected chi connectivity index (χ1v) is 5.30. The third-order valence-electron chi connectivity index (χ3n) is 2.25. The second-order valence-corrected chi connectivity index (χ2v) is 3.94. The van der Waals surface area contributed by atoms with E-state index in [1.54, 1.807) is 43.2 Å². The summed E-state index contributed by atoms with van der Waals surface area (Å²) >= 11 is 5.79. The smallest absolute Gasteiger partial charge is 0.311 e. The summed E-state index contributed by atoms with van der Waals surface area (Å²) in [5, 5.41) is 9.90. The van der Waals surface area contributed by atoms with Gasteiger partial charge in [0.2, 0.25) is 0 Å². The fraction of sp³-hybridized carbons (Fsp3) is 0.182. The Labute approximate surface area is 103 Å². The Morgan fingerprint density at radius 2 is 2.00 bits per heavy atom. The highest BCUT2D eigenvalue weighted by molar-refractivity contribution is 6.66. The lowest BCUT2D eigenvalue weighted by molar-refractivity contribution is -0.134. The molecule has 0 amide bonds. The molecule has 0 fully saturated rings. The molecule has 0 aromatic heterocycles. The van der Waals surface area contributed by atoms with Crippen LogP contribution in [0.5, 0.6) is 0 Å². The maximum Gasteiger partial charge on any atom is 0.387 e. The lowest BCUT2D eigenvalue weighted by Crippen LogP contribution is -2.21. The van der Waals surface area contributed by atoms with Gasteiger partial charge in [-0.2, -0.15) is 5.10 Å². The van der Waals surface area contributed by atoms with Crippen molar-refractivity contribution in [3.8, 4) is 0 Å². The van der Waals surface area contributed by atoms with Crippen LogP contribution >= 0.6 is 11.6 Å². The van der Waals surface area contributed by atoms with Crippen molar-refractivity contribution in [3.63, 3.8) is 0 Å². The Kier molecular flexibility index (Phi) is 3.10. The van der Waals surface area contributed by atoms with Gasteiger partial charge in [0.15, 0.2) is 5.71 Å². The fourth-order valence-electron chi connectivity index (χ4n) is 1.32. The summed E-state index contributed by atoms with van der Waals surface area (Å²) in [6.45, 7) is 1.67. The molecule has 0 unspecified atom stereocenters. The maximum absolute atomic E-state index is 11.3. The molecule has 6 heteroatoms. The highest BCUT2D eigenvalue weighted by Crippen LogP contribution is 2.17. The van der Waals surface area contributed by atoms with Crippen LogP contribution in [0.3, 0.4) is 0 Å². The number of halogens is 1. The minimum atomic E-state index is -0.539. The number of oxime groups is 1. The Hall–Kier alpha value is -1.88. The van der Waals surface area contributed by atoms with Crippen molar-refractivity contribution in [2.45, 2.75) is 6.92 Å². The second kappa shape index (κ2) is 4.55. The van der Waals surface area contributed by atoms with Crippen LogP contribution in [0.15, 0.2) is 34.5 Å². The average Bonchev–Trinajstić information content (AvgIpc) is 2.61. The first kappa shape index (κ1) is 11.6. The fourth-order valence-corrected chi connectivity index (χ4v) is 1.45. The van der Waals surface area contributed by atoms with E-state index in [1.165, 1.54) is 0 Å². The molecule has 1 aromatic carbocycles. The first-order valence-electron chi connectivity index (χ1n) is 4.92. The summed E-state index contributed by atoms with van der Waals surface area (Å²) in [4.78, 5) is 15.8. The van der Waals surface area contributed by atoms with Crippen molar-refractivity contribution >= 4 is 34.7 Å². The molecular weight excluding hydrogens is 242 g/mol. The Morgan fingerprint density at radius 3 is 2.53 bits per heavy atom. The van der Waals surface area contributed by atoms with Gasteiger partial charge in [-0.25, -0.2) is 4.79 Å². The predicted octanol–water partition coefficient (Wildman–Crippen LogP) is 2.06. The molecule has 0 bridgehead atoms. The number of carbonyl (C=O) groups is 1. The van der Waals surface area contributed by atoms with Gasteiger partial charge < -0.3 is 4.84 Å².